The van der Waals surface area contributed by atoms with E-state index in [0.717, 1.165) is 19.3 Å². The molecule has 0 amide bonds. The Kier molecular flexibility index (Phi) is 5.40. The van der Waals surface area contributed by atoms with Crippen LogP contribution in [0.3, 0.4) is 0 Å². The van der Waals surface area contributed by atoms with E-state index in [1.807, 2.05) is 6.92 Å². The fraction of sp³-hybridized carbons (Fsp3) is 0.857. The van der Waals surface area contributed by atoms with E-state index in [4.69, 9.17) is 11.6 Å². The third-order valence-corrected chi connectivity index (χ3v) is 1.35. The molecule has 0 saturated heterocycles. The Morgan fingerprint density at radius 2 is 2.30 bits per heavy atom. The summed E-state index contributed by atoms with van der Waals surface area (Å²) in [7, 11) is 0. The Balaban J connectivity index is 3.25. The molecule has 0 aromatic heterocycles. The van der Waals surface area contributed by atoms with E-state index < -0.39 is 5.43 Å². The van der Waals surface area contributed by atoms with E-state index in [-0.39, 0.29) is 6.10 Å². The lowest BCUT2D eigenvalue weighted by atomic mass is 10.2. The highest BCUT2D eigenvalue weighted by Crippen LogP contribution is 2.05. The van der Waals surface area contributed by atoms with Gasteiger partial charge in [-0.25, -0.2) is 4.79 Å². The molecule has 10 heavy (non-hydrogen) atoms. The molecule has 0 radical (unpaired) electrons. The van der Waals surface area contributed by atoms with Crippen molar-refractivity contribution in [2.45, 2.75) is 39.2 Å². The summed E-state index contributed by atoms with van der Waals surface area (Å²) in [5.74, 6) is 0. The molecule has 0 bridgehead atoms. The molecule has 0 rings (SSSR count). The summed E-state index contributed by atoms with van der Waals surface area (Å²) in [6.07, 6.45) is 3.05. The van der Waals surface area contributed by atoms with Crippen LogP contribution in [0.25, 0.3) is 0 Å². The number of ether oxygens (including phenoxy) is 1. The predicted octanol–water partition coefficient (Wildman–Crippen LogP) is 2.94. The molecule has 0 aliphatic rings. The second kappa shape index (κ2) is 5.54. The van der Waals surface area contributed by atoms with Gasteiger partial charge in [-0.05, 0) is 13.3 Å². The van der Waals surface area contributed by atoms with Crippen molar-refractivity contribution in [2.24, 2.45) is 0 Å². The van der Waals surface area contributed by atoms with Gasteiger partial charge in [0, 0.05) is 11.6 Å². The minimum atomic E-state index is -0.705. The minimum absolute atomic E-state index is 0.0371. The molecule has 0 spiro atoms. The third kappa shape index (κ3) is 5.89. The lowest BCUT2D eigenvalue weighted by Crippen LogP contribution is -2.09. The monoisotopic (exact) mass is 164 g/mol. The normalized spacial score (nSPS) is 12.7. The molecule has 3 heteroatoms. The predicted molar refractivity (Wildman–Crippen MR) is 41.3 cm³/mol. The average Bonchev–Trinajstić information content (AvgIpc) is 1.82. The first-order valence-corrected chi connectivity index (χ1v) is 3.90. The summed E-state index contributed by atoms with van der Waals surface area (Å²) in [4.78, 5) is 10.2. The van der Waals surface area contributed by atoms with E-state index >= 15 is 0 Å². The number of unbranched alkanes of at least 4 members (excludes halogenated alkanes) is 1. The average molecular weight is 165 g/mol. The van der Waals surface area contributed by atoms with E-state index in [9.17, 15) is 4.79 Å². The number of carbonyl (C=O) groups excluding carboxylic acids is 1. The summed E-state index contributed by atoms with van der Waals surface area (Å²) in [6.45, 7) is 3.94. The highest BCUT2D eigenvalue weighted by molar-refractivity contribution is 6.61. The highest BCUT2D eigenvalue weighted by atomic mass is 35.5. The first-order chi connectivity index (χ1) is 4.66. The first-order valence-electron chi connectivity index (χ1n) is 3.53. The minimum Gasteiger partial charge on any atom is -0.451 e. The van der Waals surface area contributed by atoms with Crippen molar-refractivity contribution in [2.75, 3.05) is 0 Å². The van der Waals surface area contributed by atoms with Gasteiger partial charge < -0.3 is 4.74 Å². The Bertz CT molecular complexity index is 104. The molecule has 0 fully saturated rings. The van der Waals surface area contributed by atoms with Gasteiger partial charge >= 0.3 is 5.43 Å². The number of rotatable bonds is 4. The molecule has 0 aliphatic heterocycles. The van der Waals surface area contributed by atoms with Gasteiger partial charge in [0.05, 0.1) is 0 Å². The van der Waals surface area contributed by atoms with E-state index in [0.29, 0.717) is 0 Å². The molecular formula is C7H13ClO2. The van der Waals surface area contributed by atoms with Crippen molar-refractivity contribution < 1.29 is 9.53 Å². The maximum absolute atomic E-state index is 10.2. The summed E-state index contributed by atoms with van der Waals surface area (Å²) < 4.78 is 4.68. The third-order valence-electron chi connectivity index (χ3n) is 1.26. The van der Waals surface area contributed by atoms with Crippen molar-refractivity contribution >= 4 is 17.0 Å². The maximum atomic E-state index is 10.2. The van der Waals surface area contributed by atoms with Gasteiger partial charge in [0.15, 0.2) is 0 Å². The van der Waals surface area contributed by atoms with Crippen LogP contribution in [-0.2, 0) is 4.74 Å². The van der Waals surface area contributed by atoms with E-state index in [2.05, 4.69) is 11.7 Å². The van der Waals surface area contributed by atoms with Gasteiger partial charge in [0.1, 0.15) is 6.10 Å². The Labute approximate surface area is 66.5 Å². The molecule has 0 aromatic rings. The second-order valence-electron chi connectivity index (χ2n) is 2.31. The van der Waals surface area contributed by atoms with Crippen LogP contribution in [0, 0.1) is 0 Å². The van der Waals surface area contributed by atoms with Crippen LogP contribution in [-0.4, -0.2) is 11.5 Å². The highest BCUT2D eigenvalue weighted by Gasteiger charge is 2.04. The van der Waals surface area contributed by atoms with Gasteiger partial charge in [-0.15, -0.1) is 0 Å². The summed E-state index contributed by atoms with van der Waals surface area (Å²) in [5.41, 5.74) is -0.705. The van der Waals surface area contributed by atoms with Crippen molar-refractivity contribution in [3.05, 3.63) is 0 Å². The van der Waals surface area contributed by atoms with Crippen LogP contribution >= 0.6 is 11.6 Å². The topological polar surface area (TPSA) is 26.3 Å². The van der Waals surface area contributed by atoms with Gasteiger partial charge in [0.25, 0.3) is 0 Å². The number of hydrogen-bond donors (Lipinski definition) is 0. The summed E-state index contributed by atoms with van der Waals surface area (Å²) in [5, 5.41) is 0. The van der Waals surface area contributed by atoms with Crippen molar-refractivity contribution in [1.29, 1.82) is 0 Å². The van der Waals surface area contributed by atoms with E-state index in [1.54, 1.807) is 0 Å². The molecule has 0 heterocycles. The molecule has 0 saturated carbocycles. The van der Waals surface area contributed by atoms with Gasteiger partial charge in [-0.3, -0.25) is 0 Å². The molecule has 1 atom stereocenters. The summed E-state index contributed by atoms with van der Waals surface area (Å²) in [6, 6.07) is 0. The van der Waals surface area contributed by atoms with Crippen molar-refractivity contribution in [3.8, 4) is 0 Å². The van der Waals surface area contributed by atoms with Gasteiger partial charge in [-0.2, -0.15) is 0 Å². The molecule has 0 aromatic carbocycles. The standard InChI is InChI=1S/C7H13ClO2/c1-3-4-5-6(2)10-7(8)9/h6H,3-5H2,1-2H3. The molecule has 2 nitrogen and oxygen atoms in total. The van der Waals surface area contributed by atoms with Crippen LogP contribution in [0.5, 0.6) is 0 Å². The maximum Gasteiger partial charge on any atom is 0.404 e. The lowest BCUT2D eigenvalue weighted by Gasteiger charge is -2.08. The van der Waals surface area contributed by atoms with Gasteiger partial charge in [-0.1, -0.05) is 19.8 Å². The van der Waals surface area contributed by atoms with Crippen molar-refractivity contribution in [3.63, 3.8) is 0 Å². The zero-order valence-electron chi connectivity index (χ0n) is 6.39. The zero-order valence-corrected chi connectivity index (χ0v) is 7.15. The molecule has 60 valence electrons. The molecule has 1 unspecified atom stereocenters. The summed E-state index contributed by atoms with van der Waals surface area (Å²) >= 11 is 4.99. The zero-order chi connectivity index (χ0) is 7.98. The van der Waals surface area contributed by atoms with Gasteiger partial charge in [0.2, 0.25) is 0 Å². The second-order valence-corrected chi connectivity index (χ2v) is 2.62. The molecular weight excluding hydrogens is 152 g/mol. The number of halogens is 1. The Morgan fingerprint density at radius 3 is 2.70 bits per heavy atom. The van der Waals surface area contributed by atoms with Crippen LogP contribution in [0.2, 0.25) is 0 Å². The lowest BCUT2D eigenvalue weighted by molar-refractivity contribution is 0.125. The number of carbonyl (C=O) groups is 1. The number of hydrogen-bond acceptors (Lipinski definition) is 2. The Hall–Kier alpha value is -0.240. The Morgan fingerprint density at radius 1 is 1.70 bits per heavy atom. The van der Waals surface area contributed by atoms with Crippen LogP contribution in [0.4, 0.5) is 4.79 Å². The quantitative estimate of drug-likeness (QED) is 0.598. The smallest absolute Gasteiger partial charge is 0.404 e. The SMILES string of the molecule is CCCCC(C)OC(=O)Cl. The first kappa shape index (κ1) is 9.76. The van der Waals surface area contributed by atoms with Crippen molar-refractivity contribution in [1.82, 2.24) is 0 Å². The van der Waals surface area contributed by atoms with Crippen LogP contribution in [0.1, 0.15) is 33.1 Å². The van der Waals surface area contributed by atoms with Crippen LogP contribution in [0.15, 0.2) is 0 Å². The fourth-order valence-electron chi connectivity index (χ4n) is 0.709. The van der Waals surface area contributed by atoms with Crippen LogP contribution < -0.4 is 0 Å². The largest absolute Gasteiger partial charge is 0.451 e. The fourth-order valence-corrected chi connectivity index (χ4v) is 0.861. The molecule has 0 N–H and O–H groups in total. The molecule has 0 aliphatic carbocycles. The van der Waals surface area contributed by atoms with E-state index in [1.165, 1.54) is 0 Å².